The molecule has 306 valence electrons. The summed E-state index contributed by atoms with van der Waals surface area (Å²) in [6, 6.07) is 0.402. The van der Waals surface area contributed by atoms with Gasteiger partial charge in [-0.25, -0.2) is 0 Å². The number of cyclic esters (lactones) is 1. The maximum absolute atomic E-state index is 12.0. The van der Waals surface area contributed by atoms with Gasteiger partial charge in [-0.3, -0.25) is 9.59 Å². The lowest BCUT2D eigenvalue weighted by atomic mass is 9.85. The minimum Gasteiger partial charge on any atom is -0.463 e. The molecule has 0 aromatic rings. The Morgan fingerprint density at radius 3 is 1.94 bits per heavy atom. The number of nitrogens with zero attached hydrogens (tertiary/aromatic N) is 1. The Hall–Kier alpha value is -1.26. The lowest BCUT2D eigenvalue weighted by Crippen LogP contribution is -2.52. The van der Waals surface area contributed by atoms with E-state index < -0.39 is 36.0 Å². The van der Waals surface area contributed by atoms with Crippen LogP contribution in [0.15, 0.2) is 0 Å². The normalized spacial score (nSPS) is 38.5. The topological polar surface area (TPSA) is 176 Å². The van der Waals surface area contributed by atoms with Crippen LogP contribution < -0.4 is 5.32 Å². The zero-order valence-corrected chi connectivity index (χ0v) is 34.7. The number of ketones is 1. The molecule has 0 radical (unpaired) electrons. The predicted octanol–water partition coefficient (Wildman–Crippen LogP) is 4.05. The third-order valence-corrected chi connectivity index (χ3v) is 9.09. The highest BCUT2D eigenvalue weighted by Crippen LogP contribution is 2.30. The summed E-state index contributed by atoms with van der Waals surface area (Å²) in [5.74, 6) is -0.443. The van der Waals surface area contributed by atoms with Gasteiger partial charge in [-0.1, -0.05) is 55.4 Å². The van der Waals surface area contributed by atoms with Crippen LogP contribution in [-0.2, 0) is 33.3 Å². The Morgan fingerprint density at radius 1 is 0.843 bits per heavy atom. The van der Waals surface area contributed by atoms with Crippen molar-refractivity contribution in [2.24, 2.45) is 11.8 Å². The predicted molar refractivity (Wildman–Crippen MR) is 200 cm³/mol. The van der Waals surface area contributed by atoms with Gasteiger partial charge in [0.05, 0.1) is 23.7 Å². The summed E-state index contributed by atoms with van der Waals surface area (Å²) < 4.78 is 26.2. The summed E-state index contributed by atoms with van der Waals surface area (Å²) in [5.41, 5.74) is -1.73. The van der Waals surface area contributed by atoms with Crippen molar-refractivity contribution in [3.05, 3.63) is 0 Å². The summed E-state index contributed by atoms with van der Waals surface area (Å²) >= 11 is 0. The SMILES string of the molecule is CC.CC.CC.CC1CC(N(C)C)CC(O)O1.CC1C[C@H]2C[C@](C)(O)C[C@@H](C)CNC(C)C(O2)C(O)COC1=O.CO[C@]1(C)CC(O)OCC1=O. The maximum Gasteiger partial charge on any atom is 0.308 e. The molecule has 12 atom stereocenters. The summed E-state index contributed by atoms with van der Waals surface area (Å²) in [5, 5.41) is 42.8. The second kappa shape index (κ2) is 26.5. The fraction of sp³-hybridized carbons (Fsp3) is 0.947. The van der Waals surface area contributed by atoms with Crippen molar-refractivity contribution >= 4 is 11.8 Å². The summed E-state index contributed by atoms with van der Waals surface area (Å²) in [7, 11) is 5.53. The third-order valence-electron chi connectivity index (χ3n) is 9.09. The van der Waals surface area contributed by atoms with Crippen molar-refractivity contribution in [1.82, 2.24) is 10.2 Å². The van der Waals surface area contributed by atoms with Crippen LogP contribution in [0.25, 0.3) is 0 Å². The average molecular weight is 739 g/mol. The number of fused-ring (bicyclic) bond motifs is 2. The number of hydrogen-bond donors (Lipinski definition) is 5. The van der Waals surface area contributed by atoms with Crippen molar-refractivity contribution in [3.8, 4) is 0 Å². The number of aliphatic hydroxyl groups excluding tert-OH is 3. The van der Waals surface area contributed by atoms with E-state index in [1.54, 1.807) is 13.8 Å². The van der Waals surface area contributed by atoms with E-state index in [0.29, 0.717) is 31.2 Å². The monoisotopic (exact) mass is 739 g/mol. The van der Waals surface area contributed by atoms with Crippen molar-refractivity contribution in [2.75, 3.05) is 41.0 Å². The van der Waals surface area contributed by atoms with Gasteiger partial charge in [-0.15, -0.1) is 0 Å². The second-order valence-electron chi connectivity index (χ2n) is 14.1. The molecule has 13 nitrogen and oxygen atoms in total. The number of Topliss-reactive ketones (excluding diaryl/α,β-unsaturated/α-hetero) is 1. The first-order valence-electron chi connectivity index (χ1n) is 19.2. The smallest absolute Gasteiger partial charge is 0.308 e. The summed E-state index contributed by atoms with van der Waals surface area (Å²) in [6.07, 6.45) is 0.662. The van der Waals surface area contributed by atoms with Crippen LogP contribution in [-0.4, -0.2) is 138 Å². The lowest BCUT2D eigenvalue weighted by molar-refractivity contribution is -0.193. The number of carbonyl (C=O) groups excluding carboxylic acids is 2. The molecule has 4 heterocycles. The van der Waals surface area contributed by atoms with Crippen molar-refractivity contribution in [1.29, 1.82) is 0 Å². The third kappa shape index (κ3) is 19.6. The minimum absolute atomic E-state index is 0.0570. The van der Waals surface area contributed by atoms with Crippen LogP contribution in [0.1, 0.15) is 122 Å². The van der Waals surface area contributed by atoms with Crippen LogP contribution in [0.4, 0.5) is 0 Å². The van der Waals surface area contributed by atoms with E-state index in [1.807, 2.05) is 76.4 Å². The molecule has 0 aliphatic carbocycles. The molecule has 0 saturated carbocycles. The van der Waals surface area contributed by atoms with Gasteiger partial charge in [0, 0.05) is 38.5 Å². The Morgan fingerprint density at radius 2 is 1.43 bits per heavy atom. The molecule has 0 aromatic carbocycles. The van der Waals surface area contributed by atoms with Gasteiger partial charge >= 0.3 is 5.97 Å². The lowest BCUT2D eigenvalue weighted by Gasteiger charge is -2.38. The van der Waals surface area contributed by atoms with Crippen molar-refractivity contribution < 1.29 is 53.7 Å². The summed E-state index contributed by atoms with van der Waals surface area (Å²) in [6.45, 7) is 24.0. The number of hydrogen-bond acceptors (Lipinski definition) is 13. The van der Waals surface area contributed by atoms with Crippen LogP contribution in [0.2, 0.25) is 0 Å². The van der Waals surface area contributed by atoms with E-state index in [4.69, 9.17) is 28.8 Å². The summed E-state index contributed by atoms with van der Waals surface area (Å²) in [4.78, 5) is 25.3. The number of carbonyl (C=O) groups is 2. The highest BCUT2D eigenvalue weighted by Gasteiger charge is 2.40. The molecule has 51 heavy (non-hydrogen) atoms. The number of nitrogens with one attached hydrogen (secondary N) is 1. The van der Waals surface area contributed by atoms with E-state index in [9.17, 15) is 24.9 Å². The number of ether oxygens (including phenoxy) is 5. The molecule has 0 aromatic heterocycles. The van der Waals surface area contributed by atoms with Gasteiger partial charge in [0.25, 0.3) is 0 Å². The average Bonchev–Trinajstić information content (AvgIpc) is 3.12. The van der Waals surface area contributed by atoms with Crippen molar-refractivity contribution in [3.63, 3.8) is 0 Å². The van der Waals surface area contributed by atoms with Gasteiger partial charge in [0.1, 0.15) is 31.0 Å². The van der Waals surface area contributed by atoms with Crippen LogP contribution in [0.3, 0.4) is 0 Å². The minimum atomic E-state index is -0.881. The molecule has 4 aliphatic rings. The molecule has 13 heteroatoms. The first-order chi connectivity index (χ1) is 23.9. The molecule has 4 fully saturated rings. The van der Waals surface area contributed by atoms with Crippen molar-refractivity contribution in [2.45, 2.75) is 182 Å². The Balaban J connectivity index is 0. The molecule has 4 saturated heterocycles. The molecule has 4 rings (SSSR count). The Bertz CT molecular complexity index is 914. The first-order valence-corrected chi connectivity index (χ1v) is 19.2. The van der Waals surface area contributed by atoms with Gasteiger partial charge in [-0.05, 0) is 73.5 Å². The second-order valence-corrected chi connectivity index (χ2v) is 14.1. The fourth-order valence-electron chi connectivity index (χ4n) is 6.29. The Kier molecular flexibility index (Phi) is 26.9. The van der Waals surface area contributed by atoms with Gasteiger partial charge in [0.15, 0.2) is 18.4 Å². The molecule has 8 unspecified atom stereocenters. The Labute approximate surface area is 310 Å². The highest BCUT2D eigenvalue weighted by molar-refractivity contribution is 5.88. The molecule has 0 spiro atoms. The zero-order chi connectivity index (χ0) is 40.1. The highest BCUT2D eigenvalue weighted by atomic mass is 16.6. The van der Waals surface area contributed by atoms with E-state index >= 15 is 0 Å². The zero-order valence-electron chi connectivity index (χ0n) is 34.7. The largest absolute Gasteiger partial charge is 0.463 e. The van der Waals surface area contributed by atoms with E-state index in [1.165, 1.54) is 7.11 Å². The molecule has 0 amide bonds. The molecule has 5 N–H and O–H groups in total. The molecular weight excluding hydrogens is 660 g/mol. The number of rotatable bonds is 2. The first kappa shape index (κ1) is 51.8. The molecular formula is C38H78N2O11. The van der Waals surface area contributed by atoms with E-state index in [0.717, 1.165) is 19.4 Å². The van der Waals surface area contributed by atoms with Crippen LogP contribution >= 0.6 is 0 Å². The van der Waals surface area contributed by atoms with Crippen LogP contribution in [0.5, 0.6) is 0 Å². The van der Waals surface area contributed by atoms with Gasteiger partial charge in [-0.2, -0.15) is 0 Å². The quantitative estimate of drug-likeness (QED) is 0.257. The number of aliphatic hydroxyl groups is 4. The number of esters is 1. The van der Waals surface area contributed by atoms with Gasteiger partial charge < -0.3 is 54.3 Å². The molecule has 4 aliphatic heterocycles. The number of methoxy groups -OCH3 is 1. The standard InChI is InChI=1S/C17H31NO5.C8H17NO2.C7H12O4.3C2H6/c1-10-6-17(4,21)7-13-5-11(2)16(20)22-9-14(19)15(23-13)12(3)18-8-10;1-6-4-7(9(2)3)5-8(10)11-6;1-7(10-2)3-6(9)11-4-5(7)8;3*1-2/h10-15,18-19,21H,5-9H2,1-4H3;6-8,10H,4-5H2,1-3H3;6,9H,3-4H2,1-2H3;3*1-2H3/t10-,11?,12?,13+,14?,15?,17-;;6?,7-;;;/m1.1.../s1. The van der Waals surface area contributed by atoms with E-state index in [2.05, 4.69) is 17.1 Å². The molecule has 2 bridgehead atoms. The maximum atomic E-state index is 12.0. The van der Waals surface area contributed by atoms with Crippen LogP contribution in [0, 0.1) is 11.8 Å². The van der Waals surface area contributed by atoms with Gasteiger partial charge in [0.2, 0.25) is 0 Å². The fourth-order valence-corrected chi connectivity index (χ4v) is 6.29. The van der Waals surface area contributed by atoms with E-state index in [-0.39, 0.29) is 55.6 Å².